The van der Waals surface area contributed by atoms with Gasteiger partial charge in [-0.2, -0.15) is 0 Å². The smallest absolute Gasteiger partial charge is 0.261 e. The lowest BCUT2D eigenvalue weighted by Gasteiger charge is -2.34. The third-order valence-corrected chi connectivity index (χ3v) is 10.1. The number of nitrogen functional groups attached to an aromatic ring is 1. The lowest BCUT2D eigenvalue weighted by atomic mass is 9.93. The van der Waals surface area contributed by atoms with Crippen LogP contribution in [-0.4, -0.2) is 83.1 Å². The number of nitrogens with one attached hydrogen (secondary N) is 2. The van der Waals surface area contributed by atoms with Gasteiger partial charge in [0.05, 0.1) is 33.9 Å². The van der Waals surface area contributed by atoms with Gasteiger partial charge < -0.3 is 30.9 Å². The summed E-state index contributed by atoms with van der Waals surface area (Å²) < 4.78 is 6.34. The molecule has 14 heteroatoms. The van der Waals surface area contributed by atoms with E-state index < -0.39 is 0 Å². The summed E-state index contributed by atoms with van der Waals surface area (Å²) in [5.74, 6) is 0.894. The lowest BCUT2D eigenvalue weighted by molar-refractivity contribution is -0.117. The van der Waals surface area contributed by atoms with Crippen molar-refractivity contribution in [2.45, 2.75) is 32.7 Å². The van der Waals surface area contributed by atoms with Crippen molar-refractivity contribution in [2.75, 3.05) is 54.9 Å². The Kier molecular flexibility index (Phi) is 9.37. The van der Waals surface area contributed by atoms with Gasteiger partial charge in [0.1, 0.15) is 0 Å². The number of amides is 3. The van der Waals surface area contributed by atoms with E-state index in [1.807, 2.05) is 29.2 Å². The maximum Gasteiger partial charge on any atom is 0.261 e. The quantitative estimate of drug-likeness (QED) is 0.202. The Morgan fingerprint density at radius 2 is 1.62 bits per heavy atom. The SMILES string of the molecule is CC(=O)N1c2ccc(-c3ccc(C(=O)NCCNC(=O)c4cc5nc(-c6cnc(N)nc6)nc(N6CCOCC6)c5s4)cc3)cc2CC[C@@H]1C. The van der Waals surface area contributed by atoms with Crippen LogP contribution in [0.3, 0.4) is 0 Å². The van der Waals surface area contributed by atoms with Gasteiger partial charge in [-0.15, -0.1) is 11.3 Å². The number of aromatic nitrogens is 4. The highest BCUT2D eigenvalue weighted by molar-refractivity contribution is 7.21. The number of hydrogen-bond acceptors (Lipinski definition) is 11. The Labute approximate surface area is 292 Å². The summed E-state index contributed by atoms with van der Waals surface area (Å²) in [5.41, 5.74) is 11.6. The maximum absolute atomic E-state index is 13.2. The summed E-state index contributed by atoms with van der Waals surface area (Å²) in [6, 6.07) is 15.5. The molecule has 2 aromatic carbocycles. The molecule has 5 aromatic rings. The molecular formula is C36H37N9O4S. The van der Waals surface area contributed by atoms with Gasteiger partial charge in [0, 0.05) is 62.8 Å². The van der Waals surface area contributed by atoms with Gasteiger partial charge in [-0.05, 0) is 66.8 Å². The Bertz CT molecular complexity index is 2060. The topological polar surface area (TPSA) is 169 Å². The van der Waals surface area contributed by atoms with E-state index in [0.29, 0.717) is 53.6 Å². The van der Waals surface area contributed by atoms with Crippen molar-refractivity contribution in [2.24, 2.45) is 0 Å². The van der Waals surface area contributed by atoms with Crippen LogP contribution in [0.5, 0.6) is 0 Å². The molecule has 3 amide bonds. The summed E-state index contributed by atoms with van der Waals surface area (Å²) in [7, 11) is 0. The minimum Gasteiger partial charge on any atom is -0.378 e. The monoisotopic (exact) mass is 691 g/mol. The molecule has 0 aliphatic carbocycles. The molecule has 1 atom stereocenters. The number of fused-ring (bicyclic) bond motifs is 2. The van der Waals surface area contributed by atoms with E-state index in [9.17, 15) is 14.4 Å². The molecular weight excluding hydrogens is 655 g/mol. The normalized spacial score (nSPS) is 15.8. The Morgan fingerprint density at radius 3 is 2.34 bits per heavy atom. The summed E-state index contributed by atoms with van der Waals surface area (Å²) >= 11 is 1.33. The van der Waals surface area contributed by atoms with Crippen molar-refractivity contribution in [3.05, 3.63) is 76.9 Å². The number of thiophene rings is 1. The number of morpholine rings is 1. The maximum atomic E-state index is 13.2. The van der Waals surface area contributed by atoms with Crippen LogP contribution < -0.4 is 26.2 Å². The number of carbonyl (C=O) groups excluding carboxylic acids is 3. The first-order chi connectivity index (χ1) is 24.2. The van der Waals surface area contributed by atoms with Gasteiger partial charge in [0.15, 0.2) is 11.6 Å². The molecule has 0 unspecified atom stereocenters. The molecule has 1 saturated heterocycles. The molecule has 2 aliphatic heterocycles. The third kappa shape index (κ3) is 6.84. The number of benzene rings is 2. The number of anilines is 3. The number of nitrogens with two attached hydrogens (primary N) is 1. The van der Waals surface area contributed by atoms with Gasteiger partial charge in [-0.1, -0.05) is 18.2 Å². The average Bonchev–Trinajstić information content (AvgIpc) is 3.58. The van der Waals surface area contributed by atoms with Crippen molar-refractivity contribution in [1.29, 1.82) is 0 Å². The van der Waals surface area contributed by atoms with Crippen molar-refractivity contribution in [3.8, 4) is 22.5 Å². The average molecular weight is 692 g/mol. The van der Waals surface area contributed by atoms with Crippen LogP contribution >= 0.6 is 11.3 Å². The van der Waals surface area contributed by atoms with E-state index in [4.69, 9.17) is 20.4 Å². The fourth-order valence-corrected chi connectivity index (χ4v) is 7.40. The summed E-state index contributed by atoms with van der Waals surface area (Å²) in [4.78, 5) is 60.5. The highest BCUT2D eigenvalue weighted by Crippen LogP contribution is 2.36. The van der Waals surface area contributed by atoms with Gasteiger partial charge in [-0.3, -0.25) is 14.4 Å². The zero-order valence-electron chi connectivity index (χ0n) is 27.8. The highest BCUT2D eigenvalue weighted by atomic mass is 32.1. The predicted molar refractivity (Wildman–Crippen MR) is 193 cm³/mol. The molecule has 4 N–H and O–H groups in total. The first kappa shape index (κ1) is 33.0. The van der Waals surface area contributed by atoms with Crippen LogP contribution in [0, 0.1) is 0 Å². The molecule has 3 aromatic heterocycles. The van der Waals surface area contributed by atoms with Gasteiger partial charge in [-0.25, -0.2) is 19.9 Å². The van der Waals surface area contributed by atoms with E-state index in [-0.39, 0.29) is 42.8 Å². The van der Waals surface area contributed by atoms with Gasteiger partial charge in [0.2, 0.25) is 11.9 Å². The molecule has 2 aliphatic rings. The van der Waals surface area contributed by atoms with Crippen LogP contribution in [-0.2, 0) is 16.0 Å². The first-order valence-corrected chi connectivity index (χ1v) is 17.4. The number of nitrogens with zero attached hydrogens (tertiary/aromatic N) is 6. The number of ether oxygens (including phenoxy) is 1. The Morgan fingerprint density at radius 1 is 0.920 bits per heavy atom. The number of hydrogen-bond donors (Lipinski definition) is 3. The van der Waals surface area contributed by atoms with Crippen molar-refractivity contribution >= 4 is 56.7 Å². The Hall–Kier alpha value is -5.47. The van der Waals surface area contributed by atoms with Crippen LogP contribution in [0.2, 0.25) is 0 Å². The largest absolute Gasteiger partial charge is 0.378 e. The zero-order valence-corrected chi connectivity index (χ0v) is 28.6. The number of rotatable bonds is 8. The fraction of sp³-hybridized carbons (Fsp3) is 0.306. The zero-order chi connectivity index (χ0) is 34.8. The molecule has 0 bridgehead atoms. The Balaban J connectivity index is 0.977. The van der Waals surface area contributed by atoms with E-state index in [2.05, 4.69) is 38.5 Å². The van der Waals surface area contributed by atoms with Crippen LogP contribution in [0.1, 0.15) is 45.9 Å². The lowest BCUT2D eigenvalue weighted by Crippen LogP contribution is -2.40. The molecule has 50 heavy (non-hydrogen) atoms. The van der Waals surface area contributed by atoms with Crippen molar-refractivity contribution in [3.63, 3.8) is 0 Å². The number of aryl methyl sites for hydroxylation is 1. The fourth-order valence-electron chi connectivity index (χ4n) is 6.37. The standard InChI is InChI=1S/C36H37N9O4S/c1-21-3-4-26-17-25(9-10-29(26)45(21)22(2)46)23-5-7-24(8-6-23)34(47)38-11-12-39-35(48)30-18-28-31(50-30)33(44-13-15-49-16-14-44)43-32(42-28)27-19-40-36(37)41-20-27/h5-10,17-21H,3-4,11-16H2,1-2H3,(H,38,47)(H,39,48)(H2,37,40,41)/t21-/m0/s1. The molecule has 0 radical (unpaired) electrons. The third-order valence-electron chi connectivity index (χ3n) is 8.95. The summed E-state index contributed by atoms with van der Waals surface area (Å²) in [6.45, 7) is 6.68. The summed E-state index contributed by atoms with van der Waals surface area (Å²) in [5, 5.41) is 5.79. The van der Waals surface area contributed by atoms with Crippen molar-refractivity contribution in [1.82, 2.24) is 30.6 Å². The highest BCUT2D eigenvalue weighted by Gasteiger charge is 2.26. The van der Waals surface area contributed by atoms with Crippen LogP contribution in [0.4, 0.5) is 17.5 Å². The van der Waals surface area contributed by atoms with E-state index in [1.54, 1.807) is 37.5 Å². The second-order valence-corrected chi connectivity index (χ2v) is 13.4. The molecule has 1 fully saturated rings. The molecule has 0 spiro atoms. The predicted octanol–water partition coefficient (Wildman–Crippen LogP) is 4.08. The minimum absolute atomic E-state index is 0.0508. The first-order valence-electron chi connectivity index (χ1n) is 16.6. The van der Waals surface area contributed by atoms with Gasteiger partial charge >= 0.3 is 0 Å². The van der Waals surface area contributed by atoms with Crippen molar-refractivity contribution < 1.29 is 19.1 Å². The van der Waals surface area contributed by atoms with Crippen LogP contribution in [0.15, 0.2) is 60.9 Å². The van der Waals surface area contributed by atoms with E-state index in [0.717, 1.165) is 45.7 Å². The summed E-state index contributed by atoms with van der Waals surface area (Å²) in [6.07, 6.45) is 5.00. The van der Waals surface area contributed by atoms with Gasteiger partial charge in [0.25, 0.3) is 11.8 Å². The molecule has 0 saturated carbocycles. The minimum atomic E-state index is -0.261. The van der Waals surface area contributed by atoms with E-state index in [1.165, 1.54) is 11.3 Å². The van der Waals surface area contributed by atoms with Crippen LogP contribution in [0.25, 0.3) is 32.7 Å². The molecule has 5 heterocycles. The second kappa shape index (κ2) is 14.2. The number of carbonyl (C=O) groups is 3. The molecule has 13 nitrogen and oxygen atoms in total. The van der Waals surface area contributed by atoms with E-state index >= 15 is 0 Å². The molecule has 7 rings (SSSR count). The second-order valence-electron chi connectivity index (χ2n) is 12.3. The molecule has 256 valence electrons.